The Bertz CT molecular complexity index is 894. The zero-order valence-electron chi connectivity index (χ0n) is 14.8. The summed E-state index contributed by atoms with van der Waals surface area (Å²) in [5.74, 6) is 0.807. The molecule has 0 saturated carbocycles. The number of unbranched alkanes of at least 4 members (excludes halogenated alkanes) is 2. The Balaban J connectivity index is 2.03. The molecule has 0 N–H and O–H groups in total. The van der Waals surface area contributed by atoms with Gasteiger partial charge in [0.1, 0.15) is 17.1 Å². The van der Waals surface area contributed by atoms with Gasteiger partial charge >= 0.3 is 6.18 Å². The monoisotopic (exact) mass is 362 g/mol. The van der Waals surface area contributed by atoms with Crippen LogP contribution in [-0.2, 0) is 12.6 Å². The highest BCUT2D eigenvalue weighted by Crippen LogP contribution is 2.40. The molecule has 0 fully saturated rings. The topological polar surface area (TPSA) is 22.4 Å². The van der Waals surface area contributed by atoms with E-state index in [-0.39, 0.29) is 11.3 Å². The molecule has 0 bridgehead atoms. The van der Waals surface area contributed by atoms with Gasteiger partial charge in [-0.25, -0.2) is 0 Å². The fraction of sp³-hybridized carbons (Fsp3) is 0.333. The molecule has 3 rings (SSSR count). The maximum absolute atomic E-state index is 13.6. The van der Waals surface area contributed by atoms with Gasteiger partial charge in [-0.15, -0.1) is 0 Å². The van der Waals surface area contributed by atoms with E-state index < -0.39 is 11.7 Å². The number of hydrogen-bond acceptors (Lipinski definition) is 2. The van der Waals surface area contributed by atoms with Gasteiger partial charge in [-0.1, -0.05) is 31.9 Å². The highest BCUT2D eigenvalue weighted by atomic mass is 19.4. The van der Waals surface area contributed by atoms with Crippen LogP contribution in [0, 0.1) is 0 Å². The van der Waals surface area contributed by atoms with E-state index in [1.165, 1.54) is 19.2 Å². The Hall–Kier alpha value is -2.43. The maximum atomic E-state index is 13.6. The van der Waals surface area contributed by atoms with Crippen molar-refractivity contribution in [2.45, 2.75) is 38.8 Å². The second-order valence-corrected chi connectivity index (χ2v) is 6.35. The molecule has 0 atom stereocenters. The summed E-state index contributed by atoms with van der Waals surface area (Å²) in [6.07, 6.45) is -0.861. The maximum Gasteiger partial charge on any atom is 0.417 e. The standard InChI is InChI=1S/C21H21F3O2/c1-3-4-5-6-14-7-10-17(18(11-14)21(22,23)24)20-12-15-8-9-16(25-2)13-19(15)26-20/h7-13H,3-6H2,1-2H3. The number of halogens is 3. The lowest BCUT2D eigenvalue weighted by Gasteiger charge is -2.13. The zero-order chi connectivity index (χ0) is 18.7. The molecular weight excluding hydrogens is 341 g/mol. The number of hydrogen-bond donors (Lipinski definition) is 0. The number of fused-ring (bicyclic) bond motifs is 1. The van der Waals surface area contributed by atoms with Crippen LogP contribution in [-0.4, -0.2) is 7.11 Å². The van der Waals surface area contributed by atoms with Crippen molar-refractivity contribution < 1.29 is 22.3 Å². The summed E-state index contributed by atoms with van der Waals surface area (Å²) in [7, 11) is 1.53. The second-order valence-electron chi connectivity index (χ2n) is 6.35. The van der Waals surface area contributed by atoms with Crippen LogP contribution in [0.3, 0.4) is 0 Å². The molecule has 5 heteroatoms. The number of benzene rings is 2. The third-order valence-electron chi connectivity index (χ3n) is 4.45. The molecule has 0 aliphatic heterocycles. The van der Waals surface area contributed by atoms with Gasteiger partial charge in [-0.05, 0) is 42.7 Å². The molecule has 3 aromatic rings. The molecule has 26 heavy (non-hydrogen) atoms. The third-order valence-corrected chi connectivity index (χ3v) is 4.45. The molecule has 0 aliphatic rings. The van der Waals surface area contributed by atoms with Crippen LogP contribution in [0.15, 0.2) is 46.9 Å². The van der Waals surface area contributed by atoms with Crippen molar-refractivity contribution in [3.05, 3.63) is 53.6 Å². The van der Waals surface area contributed by atoms with E-state index in [0.29, 0.717) is 23.3 Å². The van der Waals surface area contributed by atoms with Crippen LogP contribution in [0.25, 0.3) is 22.3 Å². The van der Waals surface area contributed by atoms with Crippen LogP contribution in [0.1, 0.15) is 37.3 Å². The first-order chi connectivity index (χ1) is 12.4. The first kappa shape index (κ1) is 18.4. The van der Waals surface area contributed by atoms with E-state index in [1.807, 2.05) is 0 Å². The lowest BCUT2D eigenvalue weighted by atomic mass is 9.98. The van der Waals surface area contributed by atoms with Gasteiger partial charge < -0.3 is 9.15 Å². The molecule has 0 radical (unpaired) electrons. The number of furan rings is 1. The number of ether oxygens (including phenoxy) is 1. The first-order valence-electron chi connectivity index (χ1n) is 8.70. The van der Waals surface area contributed by atoms with Crippen molar-refractivity contribution in [1.82, 2.24) is 0 Å². The van der Waals surface area contributed by atoms with Gasteiger partial charge in [0.25, 0.3) is 0 Å². The molecule has 138 valence electrons. The predicted molar refractivity (Wildman–Crippen MR) is 96.4 cm³/mol. The Labute approximate surface area is 150 Å². The Kier molecular flexibility index (Phi) is 5.25. The number of methoxy groups -OCH3 is 1. The van der Waals surface area contributed by atoms with E-state index in [4.69, 9.17) is 9.15 Å². The average molecular weight is 362 g/mol. The van der Waals surface area contributed by atoms with Gasteiger partial charge in [0.05, 0.1) is 12.7 Å². The summed E-state index contributed by atoms with van der Waals surface area (Å²) in [6.45, 7) is 2.07. The van der Waals surface area contributed by atoms with E-state index in [2.05, 4.69) is 6.92 Å². The number of aryl methyl sites for hydroxylation is 1. The van der Waals surface area contributed by atoms with Crippen molar-refractivity contribution in [3.63, 3.8) is 0 Å². The SMILES string of the molecule is CCCCCc1ccc(-c2cc3ccc(OC)cc3o2)c(C(F)(F)F)c1. The Morgan fingerprint density at radius 2 is 1.81 bits per heavy atom. The average Bonchev–Trinajstić information content (AvgIpc) is 3.04. The molecule has 2 aromatic carbocycles. The molecule has 0 unspecified atom stereocenters. The lowest BCUT2D eigenvalue weighted by molar-refractivity contribution is -0.137. The highest BCUT2D eigenvalue weighted by molar-refractivity contribution is 5.84. The van der Waals surface area contributed by atoms with Crippen molar-refractivity contribution in [3.8, 4) is 17.1 Å². The molecule has 1 heterocycles. The normalized spacial score (nSPS) is 11.9. The molecule has 0 saturated heterocycles. The highest BCUT2D eigenvalue weighted by Gasteiger charge is 2.34. The molecular formula is C21H21F3O2. The van der Waals surface area contributed by atoms with Crippen LogP contribution in [0.5, 0.6) is 5.75 Å². The minimum absolute atomic E-state index is 0.0620. The fourth-order valence-corrected chi connectivity index (χ4v) is 3.05. The van der Waals surface area contributed by atoms with Gasteiger partial charge in [0.2, 0.25) is 0 Å². The third kappa shape index (κ3) is 3.87. The second kappa shape index (κ2) is 7.44. The van der Waals surface area contributed by atoms with Gasteiger partial charge in [-0.2, -0.15) is 13.2 Å². The molecule has 1 aromatic heterocycles. The summed E-state index contributed by atoms with van der Waals surface area (Å²) < 4.78 is 51.7. The van der Waals surface area contributed by atoms with Gasteiger partial charge in [0, 0.05) is 17.0 Å². The van der Waals surface area contributed by atoms with Crippen LogP contribution >= 0.6 is 0 Å². The lowest BCUT2D eigenvalue weighted by Crippen LogP contribution is -2.08. The van der Waals surface area contributed by atoms with Crippen LogP contribution in [0.2, 0.25) is 0 Å². The van der Waals surface area contributed by atoms with E-state index in [0.717, 1.165) is 24.6 Å². The van der Waals surface area contributed by atoms with Crippen molar-refractivity contribution >= 4 is 11.0 Å². The van der Waals surface area contributed by atoms with E-state index in [1.54, 1.807) is 30.3 Å². The molecule has 0 spiro atoms. The van der Waals surface area contributed by atoms with E-state index >= 15 is 0 Å². The molecule has 0 amide bonds. The Morgan fingerprint density at radius 1 is 1.00 bits per heavy atom. The van der Waals surface area contributed by atoms with Gasteiger partial charge in [-0.3, -0.25) is 0 Å². The predicted octanol–water partition coefficient (Wildman–Crippen LogP) is 6.86. The van der Waals surface area contributed by atoms with E-state index in [9.17, 15) is 13.2 Å². The Morgan fingerprint density at radius 3 is 2.50 bits per heavy atom. The quantitative estimate of drug-likeness (QED) is 0.447. The largest absolute Gasteiger partial charge is 0.497 e. The summed E-state index contributed by atoms with van der Waals surface area (Å²) in [5, 5.41) is 0.737. The smallest absolute Gasteiger partial charge is 0.417 e. The molecule has 2 nitrogen and oxygen atoms in total. The fourth-order valence-electron chi connectivity index (χ4n) is 3.05. The van der Waals surface area contributed by atoms with Crippen molar-refractivity contribution in [2.75, 3.05) is 7.11 Å². The van der Waals surface area contributed by atoms with Crippen molar-refractivity contribution in [2.24, 2.45) is 0 Å². The molecule has 0 aliphatic carbocycles. The van der Waals surface area contributed by atoms with Crippen LogP contribution < -0.4 is 4.74 Å². The van der Waals surface area contributed by atoms with Crippen LogP contribution in [0.4, 0.5) is 13.2 Å². The minimum Gasteiger partial charge on any atom is -0.497 e. The summed E-state index contributed by atoms with van der Waals surface area (Å²) in [6, 6.07) is 11.4. The van der Waals surface area contributed by atoms with Gasteiger partial charge in [0.15, 0.2) is 0 Å². The number of alkyl halides is 3. The number of rotatable bonds is 6. The minimum atomic E-state index is -4.44. The summed E-state index contributed by atoms with van der Waals surface area (Å²) in [4.78, 5) is 0. The summed E-state index contributed by atoms with van der Waals surface area (Å²) >= 11 is 0. The van der Waals surface area contributed by atoms with Crippen molar-refractivity contribution in [1.29, 1.82) is 0 Å². The summed E-state index contributed by atoms with van der Waals surface area (Å²) in [5.41, 5.74) is 0.608. The zero-order valence-corrected chi connectivity index (χ0v) is 14.8. The first-order valence-corrected chi connectivity index (χ1v) is 8.70.